The van der Waals surface area contributed by atoms with Crippen LogP contribution < -0.4 is 21.1 Å². The third kappa shape index (κ3) is 7.75. The largest absolute Gasteiger partial charge is 0.490 e. The van der Waals surface area contributed by atoms with Crippen LogP contribution in [0.5, 0.6) is 5.75 Å². The quantitative estimate of drug-likeness (QED) is 0.198. The number of aryl methyl sites for hydroxylation is 1. The van der Waals surface area contributed by atoms with Gasteiger partial charge in [-0.05, 0) is 88.3 Å². The summed E-state index contributed by atoms with van der Waals surface area (Å²) < 4.78 is 45.7. The van der Waals surface area contributed by atoms with Crippen molar-refractivity contribution in [2.45, 2.75) is 38.8 Å². The summed E-state index contributed by atoms with van der Waals surface area (Å²) in [6.45, 7) is 5.17. The molecule has 0 saturated heterocycles. The topological polar surface area (TPSA) is 105 Å². The Morgan fingerprint density at radius 3 is 2.44 bits per heavy atom. The lowest BCUT2D eigenvalue weighted by atomic mass is 9.96. The molecule has 11 heteroatoms. The Labute approximate surface area is 237 Å². The van der Waals surface area contributed by atoms with Crippen LogP contribution in [0.15, 0.2) is 53.5 Å². The van der Waals surface area contributed by atoms with Crippen LogP contribution in [0.25, 0.3) is 11.1 Å². The van der Waals surface area contributed by atoms with Crippen molar-refractivity contribution in [3.05, 3.63) is 71.0 Å². The number of amides is 2. The standard InChI is InChI=1S/C30H35F3N6O2/c1-5-35-28(34)27-18(2)36-24(20-6-7-20)17-23(27)19-8-11-22(12-9-19)37-29(40)38-25-16-21(30(31,32)33)10-13-26(25)41-15-14-39(3)4/h8-13,16-17,20H,5-7,14-15H2,1-4H3,(H2,34,35)(H2,37,38,40). The number of nitrogens with two attached hydrogens (primary N) is 1. The summed E-state index contributed by atoms with van der Waals surface area (Å²) in [5.74, 6) is 1.01. The van der Waals surface area contributed by atoms with Gasteiger partial charge in [-0.25, -0.2) is 4.79 Å². The van der Waals surface area contributed by atoms with E-state index in [-0.39, 0.29) is 18.0 Å². The van der Waals surface area contributed by atoms with Gasteiger partial charge in [0.15, 0.2) is 0 Å². The SMILES string of the molecule is CC/N=C(/N)c1c(-c2ccc(NC(=O)Nc3cc(C(F)(F)F)ccc3OCCN(C)C)cc2)cc(C2CC2)nc1C. The number of carbonyl (C=O) groups is 1. The third-order valence-corrected chi connectivity index (χ3v) is 6.61. The van der Waals surface area contributed by atoms with Gasteiger partial charge >= 0.3 is 12.2 Å². The number of hydrogen-bond donors (Lipinski definition) is 3. The molecule has 1 aliphatic carbocycles. The van der Waals surface area contributed by atoms with Crippen molar-refractivity contribution in [2.24, 2.45) is 10.7 Å². The molecule has 218 valence electrons. The molecule has 1 saturated carbocycles. The number of rotatable bonds is 10. The number of anilines is 2. The van der Waals surface area contributed by atoms with Gasteiger partial charge in [0.25, 0.3) is 0 Å². The van der Waals surface area contributed by atoms with Crippen molar-refractivity contribution in [3.8, 4) is 16.9 Å². The maximum Gasteiger partial charge on any atom is 0.416 e. The number of urea groups is 1. The minimum Gasteiger partial charge on any atom is -0.490 e. The molecule has 0 aliphatic heterocycles. The van der Waals surface area contributed by atoms with Crippen LogP contribution in [0.2, 0.25) is 0 Å². The maximum absolute atomic E-state index is 13.3. The van der Waals surface area contributed by atoms with Crippen molar-refractivity contribution in [2.75, 3.05) is 44.4 Å². The number of carbonyl (C=O) groups excluding carboxylic acids is 1. The first-order valence-electron chi connectivity index (χ1n) is 13.4. The lowest BCUT2D eigenvalue weighted by Crippen LogP contribution is -2.22. The highest BCUT2D eigenvalue weighted by Crippen LogP contribution is 2.41. The molecule has 8 nitrogen and oxygen atoms in total. The Balaban J connectivity index is 1.54. The molecule has 4 N–H and O–H groups in total. The van der Waals surface area contributed by atoms with Gasteiger partial charge in [-0.2, -0.15) is 13.2 Å². The second kappa shape index (κ2) is 12.6. The van der Waals surface area contributed by atoms with E-state index in [4.69, 9.17) is 15.5 Å². The average molecular weight is 569 g/mol. The summed E-state index contributed by atoms with van der Waals surface area (Å²) in [4.78, 5) is 23.8. The fourth-order valence-electron chi connectivity index (χ4n) is 4.37. The molecule has 0 radical (unpaired) electrons. The zero-order valence-electron chi connectivity index (χ0n) is 23.6. The highest BCUT2D eigenvalue weighted by atomic mass is 19.4. The van der Waals surface area contributed by atoms with E-state index in [2.05, 4.69) is 21.7 Å². The van der Waals surface area contributed by atoms with Crippen molar-refractivity contribution >= 4 is 23.2 Å². The number of aromatic nitrogens is 1. The van der Waals surface area contributed by atoms with E-state index in [0.29, 0.717) is 30.5 Å². The second-order valence-corrected chi connectivity index (χ2v) is 10.2. The van der Waals surface area contributed by atoms with Gasteiger partial charge in [-0.1, -0.05) is 12.1 Å². The van der Waals surface area contributed by atoms with Crippen molar-refractivity contribution < 1.29 is 22.7 Å². The molecule has 0 unspecified atom stereocenters. The minimum absolute atomic E-state index is 0.0807. The molecule has 3 aromatic rings. The monoisotopic (exact) mass is 568 g/mol. The van der Waals surface area contributed by atoms with Gasteiger partial charge in [-0.15, -0.1) is 0 Å². The first-order valence-corrected chi connectivity index (χ1v) is 13.4. The molecule has 1 aliphatic rings. The summed E-state index contributed by atoms with van der Waals surface area (Å²) in [5, 5.41) is 5.18. The normalized spacial score (nSPS) is 13.8. The number of pyridine rings is 1. The summed E-state index contributed by atoms with van der Waals surface area (Å²) in [5.41, 5.74) is 10.2. The van der Waals surface area contributed by atoms with Crippen LogP contribution in [0, 0.1) is 6.92 Å². The number of hydrogen-bond acceptors (Lipinski definition) is 5. The van der Waals surface area contributed by atoms with Gasteiger partial charge in [0, 0.05) is 41.6 Å². The highest BCUT2D eigenvalue weighted by molar-refractivity contribution is 6.05. The van der Waals surface area contributed by atoms with Crippen LogP contribution in [0.1, 0.15) is 48.2 Å². The van der Waals surface area contributed by atoms with E-state index in [1.807, 2.05) is 45.0 Å². The average Bonchev–Trinajstić information content (AvgIpc) is 3.74. The highest BCUT2D eigenvalue weighted by Gasteiger charge is 2.31. The number of ether oxygens (including phenoxy) is 1. The van der Waals surface area contributed by atoms with Crippen molar-refractivity contribution in [1.29, 1.82) is 0 Å². The number of benzene rings is 2. The predicted molar refractivity (Wildman–Crippen MR) is 156 cm³/mol. The number of aliphatic imine (C=N–C) groups is 1. The molecule has 0 spiro atoms. The molecule has 1 fully saturated rings. The molecule has 1 aromatic heterocycles. The van der Waals surface area contributed by atoms with Gasteiger partial charge < -0.3 is 26.0 Å². The Hall–Kier alpha value is -4.12. The van der Waals surface area contributed by atoms with E-state index in [1.165, 1.54) is 6.07 Å². The number of alkyl halides is 3. The van der Waals surface area contributed by atoms with Crippen LogP contribution in [-0.2, 0) is 6.18 Å². The number of halogens is 3. The molecule has 2 aromatic carbocycles. The van der Waals surface area contributed by atoms with Gasteiger partial charge in [-0.3, -0.25) is 9.98 Å². The third-order valence-electron chi connectivity index (χ3n) is 6.61. The molecule has 1 heterocycles. The van der Waals surface area contributed by atoms with Crippen LogP contribution in [-0.4, -0.2) is 55.5 Å². The minimum atomic E-state index is -4.57. The second-order valence-electron chi connectivity index (χ2n) is 10.2. The Bertz CT molecular complexity index is 1420. The molecule has 2 amide bonds. The number of amidine groups is 1. The van der Waals surface area contributed by atoms with E-state index in [0.717, 1.165) is 53.1 Å². The molecule has 0 bridgehead atoms. The van der Waals surface area contributed by atoms with Crippen molar-refractivity contribution in [1.82, 2.24) is 9.88 Å². The van der Waals surface area contributed by atoms with Gasteiger partial charge in [0.1, 0.15) is 18.2 Å². The zero-order chi connectivity index (χ0) is 29.7. The lowest BCUT2D eigenvalue weighted by Gasteiger charge is -2.17. The molecule has 4 rings (SSSR count). The van der Waals surface area contributed by atoms with Gasteiger partial charge in [0.05, 0.1) is 11.3 Å². The van der Waals surface area contributed by atoms with E-state index < -0.39 is 17.8 Å². The first-order chi connectivity index (χ1) is 19.5. The summed E-state index contributed by atoms with van der Waals surface area (Å²) in [7, 11) is 3.70. The Kier molecular flexibility index (Phi) is 9.17. The number of nitrogens with zero attached hydrogens (tertiary/aromatic N) is 3. The number of nitrogens with one attached hydrogen (secondary N) is 2. The molecular formula is C30H35F3N6O2. The van der Waals surface area contributed by atoms with Crippen LogP contribution >= 0.6 is 0 Å². The summed E-state index contributed by atoms with van der Waals surface area (Å²) in [6.07, 6.45) is -2.36. The van der Waals surface area contributed by atoms with Crippen LogP contribution in [0.3, 0.4) is 0 Å². The molecular weight excluding hydrogens is 533 g/mol. The van der Waals surface area contributed by atoms with E-state index >= 15 is 0 Å². The fourth-order valence-corrected chi connectivity index (χ4v) is 4.37. The Morgan fingerprint density at radius 2 is 1.83 bits per heavy atom. The van der Waals surface area contributed by atoms with Crippen LogP contribution in [0.4, 0.5) is 29.3 Å². The van der Waals surface area contributed by atoms with E-state index in [9.17, 15) is 18.0 Å². The molecule has 0 atom stereocenters. The van der Waals surface area contributed by atoms with Gasteiger partial charge in [0.2, 0.25) is 0 Å². The number of likely N-dealkylation sites (N-methyl/N-ethyl adjacent to an activating group) is 1. The predicted octanol–water partition coefficient (Wildman–Crippen LogP) is 6.26. The molecule has 41 heavy (non-hydrogen) atoms. The van der Waals surface area contributed by atoms with Crippen molar-refractivity contribution in [3.63, 3.8) is 0 Å². The summed E-state index contributed by atoms with van der Waals surface area (Å²) in [6, 6.07) is 11.5. The maximum atomic E-state index is 13.3. The van der Waals surface area contributed by atoms with E-state index in [1.54, 1.807) is 12.1 Å². The fraction of sp³-hybridized carbons (Fsp3) is 0.367. The first kappa shape index (κ1) is 29.9. The summed E-state index contributed by atoms with van der Waals surface area (Å²) >= 11 is 0. The Morgan fingerprint density at radius 1 is 1.12 bits per heavy atom. The smallest absolute Gasteiger partial charge is 0.416 e. The lowest BCUT2D eigenvalue weighted by molar-refractivity contribution is -0.137. The zero-order valence-corrected chi connectivity index (χ0v) is 23.6.